The first kappa shape index (κ1) is 49.1. The highest BCUT2D eigenvalue weighted by atomic mass is 16.8. The molecule has 60 heavy (non-hydrogen) atoms. The molecule has 2 amide bonds. The van der Waals surface area contributed by atoms with Crippen LogP contribution in [0.4, 0.5) is 0 Å². The predicted molar refractivity (Wildman–Crippen MR) is 187 cm³/mol. The summed E-state index contributed by atoms with van der Waals surface area (Å²) in [6.45, 7) is 2.27. The maximum atomic E-state index is 12.8. The van der Waals surface area contributed by atoms with Crippen LogP contribution in [0.15, 0.2) is 0 Å². The van der Waals surface area contributed by atoms with Gasteiger partial charge in [-0.3, -0.25) is 9.59 Å². The van der Waals surface area contributed by atoms with Crippen LogP contribution in [0, 0.1) is 0 Å². The quantitative estimate of drug-likeness (QED) is 0.0817. The third-order valence-corrected chi connectivity index (χ3v) is 11.0. The second kappa shape index (κ2) is 20.7. The number of hydrogen-bond donors (Lipinski definition) is 15. The summed E-state index contributed by atoms with van der Waals surface area (Å²) in [5.41, 5.74) is 0. The van der Waals surface area contributed by atoms with E-state index in [0.29, 0.717) is 0 Å². The van der Waals surface area contributed by atoms with Gasteiger partial charge in [-0.2, -0.15) is 0 Å². The number of rotatable bonds is 13. The highest BCUT2D eigenvalue weighted by Crippen LogP contribution is 2.36. The number of aliphatic hydroxyl groups is 13. The monoisotopic (exact) mass is 878 g/mol. The summed E-state index contributed by atoms with van der Waals surface area (Å²) in [5.74, 6) is -1.42. The van der Waals surface area contributed by atoms with Crippen LogP contribution in [0.25, 0.3) is 0 Å². The first-order valence-corrected chi connectivity index (χ1v) is 19.3. The molecule has 348 valence electrons. The largest absolute Gasteiger partial charge is 0.394 e. The minimum atomic E-state index is -2.01. The number of nitrogens with one attached hydrogen (secondary N) is 2. The van der Waals surface area contributed by atoms with Crippen LogP contribution in [-0.4, -0.2) is 251 Å². The van der Waals surface area contributed by atoms with Crippen molar-refractivity contribution < 1.29 is 119 Å². The second-order valence-corrected chi connectivity index (χ2v) is 15.4. The fraction of sp³-hybridized carbons (Fsp3) is 0.941. The minimum absolute atomic E-state index is 0.652. The average molecular weight is 879 g/mol. The molecule has 17 unspecified atom stereocenters. The molecule has 26 nitrogen and oxygen atoms in total. The molecule has 0 aliphatic carbocycles. The number of carbonyl (C=O) groups excluding carboxylic acids is 2. The van der Waals surface area contributed by atoms with Crippen molar-refractivity contribution in [3.8, 4) is 0 Å². The highest BCUT2D eigenvalue weighted by Gasteiger charge is 2.57. The zero-order valence-electron chi connectivity index (χ0n) is 32.9. The molecule has 5 rings (SSSR count). The zero-order chi connectivity index (χ0) is 44.5. The van der Waals surface area contributed by atoms with Crippen molar-refractivity contribution in [2.24, 2.45) is 0 Å². The van der Waals surface area contributed by atoms with Crippen molar-refractivity contribution in [2.45, 2.75) is 181 Å². The van der Waals surface area contributed by atoms with Crippen LogP contribution in [0.2, 0.25) is 0 Å². The van der Waals surface area contributed by atoms with Crippen LogP contribution < -0.4 is 10.6 Å². The van der Waals surface area contributed by atoms with Crippen molar-refractivity contribution in [1.82, 2.24) is 10.6 Å². The van der Waals surface area contributed by atoms with Gasteiger partial charge < -0.3 is 120 Å². The van der Waals surface area contributed by atoms with Gasteiger partial charge in [0.2, 0.25) is 11.8 Å². The Hall–Kier alpha value is -1.94. The van der Waals surface area contributed by atoms with Gasteiger partial charge in [-0.15, -0.1) is 0 Å². The Morgan fingerprint density at radius 2 is 0.933 bits per heavy atom. The van der Waals surface area contributed by atoms with E-state index >= 15 is 0 Å². The lowest BCUT2D eigenvalue weighted by atomic mass is 9.94. The molecule has 5 heterocycles. The Balaban J connectivity index is 1.49. The molecule has 0 bridgehead atoms. The van der Waals surface area contributed by atoms with Crippen molar-refractivity contribution in [3.05, 3.63) is 0 Å². The van der Waals surface area contributed by atoms with Crippen molar-refractivity contribution in [1.29, 1.82) is 0 Å². The van der Waals surface area contributed by atoms with Gasteiger partial charge in [0, 0.05) is 13.8 Å². The summed E-state index contributed by atoms with van der Waals surface area (Å²) in [7, 11) is 0. The van der Waals surface area contributed by atoms with E-state index in [4.69, 9.17) is 42.6 Å². The van der Waals surface area contributed by atoms with E-state index in [-0.39, 0.29) is 0 Å². The van der Waals surface area contributed by atoms with E-state index in [1.165, 1.54) is 13.8 Å². The number of carbonyl (C=O) groups is 2. The van der Waals surface area contributed by atoms with Crippen molar-refractivity contribution in [3.63, 3.8) is 0 Å². The highest BCUT2D eigenvalue weighted by molar-refractivity contribution is 5.73. The lowest BCUT2D eigenvalue weighted by Crippen LogP contribution is -2.70. The molecular weight excluding hydrogens is 820 g/mol. The van der Waals surface area contributed by atoms with E-state index in [2.05, 4.69) is 10.6 Å². The minimum Gasteiger partial charge on any atom is -0.394 e. The van der Waals surface area contributed by atoms with Gasteiger partial charge in [-0.25, -0.2) is 0 Å². The fourth-order valence-corrected chi connectivity index (χ4v) is 7.60. The summed E-state index contributed by atoms with van der Waals surface area (Å²) in [4.78, 5) is 24.4. The van der Waals surface area contributed by atoms with Gasteiger partial charge >= 0.3 is 0 Å². The van der Waals surface area contributed by atoms with E-state index < -0.39 is 185 Å². The number of amides is 2. The average Bonchev–Trinajstić information content (AvgIpc) is 3.20. The summed E-state index contributed by atoms with van der Waals surface area (Å²) >= 11 is 0. The van der Waals surface area contributed by atoms with E-state index in [1.54, 1.807) is 0 Å². The Bertz CT molecular complexity index is 1410. The maximum absolute atomic E-state index is 12.8. The second-order valence-electron chi connectivity index (χ2n) is 15.4. The Morgan fingerprint density at radius 3 is 1.45 bits per heavy atom. The lowest BCUT2D eigenvalue weighted by molar-refractivity contribution is -0.393. The first-order valence-electron chi connectivity index (χ1n) is 19.3. The summed E-state index contributed by atoms with van der Waals surface area (Å²) < 4.78 is 52.5. The molecule has 26 heteroatoms. The van der Waals surface area contributed by atoms with Crippen molar-refractivity contribution in [2.75, 3.05) is 19.8 Å². The molecule has 25 atom stereocenters. The Labute approximate surface area is 342 Å². The van der Waals surface area contributed by atoms with Crippen LogP contribution in [0.5, 0.6) is 0 Å². The zero-order valence-corrected chi connectivity index (χ0v) is 32.9. The topological polar surface area (TPSA) is 404 Å². The third-order valence-electron chi connectivity index (χ3n) is 11.0. The van der Waals surface area contributed by atoms with E-state index in [0.717, 1.165) is 13.8 Å². The van der Waals surface area contributed by atoms with Crippen LogP contribution in [0.3, 0.4) is 0 Å². The first-order chi connectivity index (χ1) is 28.2. The molecule has 0 aromatic rings. The molecule has 0 saturated carbocycles. The molecule has 5 aliphatic rings. The normalized spacial score (nSPS) is 50.2. The maximum Gasteiger partial charge on any atom is 0.217 e. The Kier molecular flexibility index (Phi) is 16.9. The molecule has 0 spiro atoms. The number of ether oxygens (including phenoxy) is 9. The molecule has 0 radical (unpaired) electrons. The molecular formula is C34H58N2O24. The smallest absolute Gasteiger partial charge is 0.217 e. The molecule has 5 aliphatic heterocycles. The fourth-order valence-electron chi connectivity index (χ4n) is 7.60. The van der Waals surface area contributed by atoms with E-state index in [1.807, 2.05) is 0 Å². The summed E-state index contributed by atoms with van der Waals surface area (Å²) in [5, 5.41) is 143. The van der Waals surface area contributed by atoms with Gasteiger partial charge in [-0.1, -0.05) is 0 Å². The summed E-state index contributed by atoms with van der Waals surface area (Å²) in [6.07, 6.45) is -39.7. The van der Waals surface area contributed by atoms with Gasteiger partial charge in [0.25, 0.3) is 0 Å². The lowest BCUT2D eigenvalue weighted by Gasteiger charge is -2.51. The Morgan fingerprint density at radius 1 is 0.467 bits per heavy atom. The van der Waals surface area contributed by atoms with Gasteiger partial charge in [0.1, 0.15) is 110 Å². The molecule has 5 saturated heterocycles. The van der Waals surface area contributed by atoms with Gasteiger partial charge in [-0.05, 0) is 13.8 Å². The molecule has 5 fully saturated rings. The van der Waals surface area contributed by atoms with Crippen LogP contribution in [-0.2, 0) is 52.2 Å². The summed E-state index contributed by atoms with van der Waals surface area (Å²) in [6, 6.07) is -3.05. The molecule has 0 aromatic carbocycles. The third kappa shape index (κ3) is 10.5. The SMILES string of the molecule is CC(=O)NC1C(O)OC(CO[C@@H]2OC(CO)C(O[C@@H]3OC(CO)C(O)[C@H](O)C3OC3OC(C)[C@H](O)C(O)[C@@H]3O)[C@H](O[C@H]3OC(C)C(O)[C@@H](O)C3O)C2NC(C)=O)C(O)C1O. The van der Waals surface area contributed by atoms with Crippen LogP contribution in [0.1, 0.15) is 27.7 Å². The number of aliphatic hydroxyl groups excluding tert-OH is 13. The molecule has 0 aromatic heterocycles. The van der Waals surface area contributed by atoms with Crippen molar-refractivity contribution >= 4 is 11.8 Å². The predicted octanol–water partition coefficient (Wildman–Crippen LogP) is -9.58. The number of hydrogen-bond acceptors (Lipinski definition) is 24. The van der Waals surface area contributed by atoms with Crippen LogP contribution >= 0.6 is 0 Å². The van der Waals surface area contributed by atoms with Gasteiger partial charge in [0.05, 0.1) is 32.0 Å². The van der Waals surface area contributed by atoms with E-state index in [9.17, 15) is 76.0 Å². The van der Waals surface area contributed by atoms with Gasteiger partial charge in [0.15, 0.2) is 31.5 Å². The molecule has 15 N–H and O–H groups in total. The standard InChI is InChI=1S/C34H58N2O24/c1-8-17(41)22(46)25(49)32(53-8)59-28-16(36-11(4)40)31(52-7-14-20(44)21(45)15(30(51)55-14)35-10(3)39)57-13(6-38)27(28)58-34-29(24(48)19(43)12(5-37)56-34)60-33-26(50)23(47)18(42)9(2)54-33/h8-9,12-34,37-38,41-51H,5-7H2,1-4H3,(H,35,39)(H,36,40)/t8?,9?,12?,13?,14?,15?,16?,17?,18-,19?,20?,21?,22+,23?,24-,25?,26-,27?,28+,29?,30?,31+,32+,33?,34-/m0/s1.